The summed E-state index contributed by atoms with van der Waals surface area (Å²) in [6.07, 6.45) is 0. The van der Waals surface area contributed by atoms with E-state index in [2.05, 4.69) is 49.8 Å². The summed E-state index contributed by atoms with van der Waals surface area (Å²) in [5.74, 6) is 1.68. The van der Waals surface area contributed by atoms with Crippen LogP contribution in [-0.2, 0) is 6.54 Å². The van der Waals surface area contributed by atoms with E-state index < -0.39 is 0 Å². The first-order valence-corrected chi connectivity index (χ1v) is 9.27. The zero-order valence-corrected chi connectivity index (χ0v) is 15.7. The molecule has 0 radical (unpaired) electrons. The molecule has 2 aromatic heterocycles. The third kappa shape index (κ3) is 4.34. The lowest BCUT2D eigenvalue weighted by atomic mass is 10.2. The highest BCUT2D eigenvalue weighted by molar-refractivity contribution is 5.92. The van der Waals surface area contributed by atoms with E-state index in [0.29, 0.717) is 36.2 Å². The first-order chi connectivity index (χ1) is 13.7. The van der Waals surface area contributed by atoms with Gasteiger partial charge < -0.3 is 14.7 Å². The van der Waals surface area contributed by atoms with Crippen molar-refractivity contribution < 1.29 is 9.32 Å². The molecular formula is C20H22N6O2. The van der Waals surface area contributed by atoms with Crippen molar-refractivity contribution in [2.75, 3.05) is 31.5 Å². The van der Waals surface area contributed by atoms with Crippen molar-refractivity contribution in [2.45, 2.75) is 13.5 Å². The number of piperazine rings is 1. The second-order valence-electron chi connectivity index (χ2n) is 6.81. The highest BCUT2D eigenvalue weighted by Gasteiger charge is 2.23. The van der Waals surface area contributed by atoms with E-state index in [-0.39, 0.29) is 5.91 Å². The average Bonchev–Trinajstić information content (AvgIpc) is 3.14. The maximum atomic E-state index is 12.7. The van der Waals surface area contributed by atoms with Crippen molar-refractivity contribution in [1.29, 1.82) is 0 Å². The van der Waals surface area contributed by atoms with Crippen LogP contribution in [0.5, 0.6) is 0 Å². The average molecular weight is 378 g/mol. The molecule has 1 aliphatic rings. The van der Waals surface area contributed by atoms with Crippen LogP contribution in [0.1, 0.15) is 21.8 Å². The van der Waals surface area contributed by atoms with Gasteiger partial charge >= 0.3 is 0 Å². The highest BCUT2D eigenvalue weighted by Crippen LogP contribution is 2.15. The Labute approximate surface area is 163 Å². The predicted molar refractivity (Wildman–Crippen MR) is 104 cm³/mol. The van der Waals surface area contributed by atoms with Crippen LogP contribution in [0.2, 0.25) is 0 Å². The van der Waals surface area contributed by atoms with E-state index in [1.807, 2.05) is 17.9 Å². The molecule has 144 valence electrons. The van der Waals surface area contributed by atoms with Gasteiger partial charge in [-0.05, 0) is 24.6 Å². The molecule has 0 spiro atoms. The first-order valence-electron chi connectivity index (χ1n) is 9.27. The van der Waals surface area contributed by atoms with E-state index in [0.717, 1.165) is 19.6 Å². The number of benzene rings is 1. The maximum Gasteiger partial charge on any atom is 0.274 e. The number of rotatable bonds is 5. The minimum absolute atomic E-state index is 0.0873. The Balaban J connectivity index is 1.31. The van der Waals surface area contributed by atoms with Gasteiger partial charge in [-0.2, -0.15) is 0 Å². The second-order valence-corrected chi connectivity index (χ2v) is 6.81. The van der Waals surface area contributed by atoms with Gasteiger partial charge in [0.25, 0.3) is 5.91 Å². The van der Waals surface area contributed by atoms with Gasteiger partial charge in [-0.15, -0.1) is 10.2 Å². The van der Waals surface area contributed by atoms with Gasteiger partial charge in [0.1, 0.15) is 5.76 Å². The lowest BCUT2D eigenvalue weighted by Gasteiger charge is -2.34. The lowest BCUT2D eigenvalue weighted by Crippen LogP contribution is -2.48. The van der Waals surface area contributed by atoms with Crippen molar-refractivity contribution in [3.8, 4) is 0 Å². The van der Waals surface area contributed by atoms with E-state index in [1.165, 1.54) is 5.56 Å². The molecule has 1 N–H and O–H groups in total. The Bertz CT molecular complexity index is 917. The monoisotopic (exact) mass is 378 g/mol. The molecule has 1 amide bonds. The summed E-state index contributed by atoms with van der Waals surface area (Å²) < 4.78 is 5.00. The Hall–Kier alpha value is -3.26. The van der Waals surface area contributed by atoms with E-state index >= 15 is 0 Å². The highest BCUT2D eigenvalue weighted by atomic mass is 16.5. The summed E-state index contributed by atoms with van der Waals surface area (Å²) in [4.78, 5) is 16.9. The number of aryl methyl sites for hydroxylation is 1. The molecule has 0 unspecified atom stereocenters. The normalized spacial score (nSPS) is 14.8. The Morgan fingerprint density at radius 3 is 2.46 bits per heavy atom. The van der Waals surface area contributed by atoms with Crippen molar-refractivity contribution in [2.24, 2.45) is 0 Å². The molecule has 0 aliphatic carbocycles. The molecule has 1 fully saturated rings. The number of anilines is 2. The van der Waals surface area contributed by atoms with E-state index in [1.54, 1.807) is 18.2 Å². The fourth-order valence-electron chi connectivity index (χ4n) is 3.18. The first kappa shape index (κ1) is 18.1. The Morgan fingerprint density at radius 2 is 1.82 bits per heavy atom. The summed E-state index contributed by atoms with van der Waals surface area (Å²) in [7, 11) is 0. The second kappa shape index (κ2) is 8.18. The molecular weight excluding hydrogens is 356 g/mol. The number of nitrogens with one attached hydrogen (secondary N) is 1. The molecule has 1 aliphatic heterocycles. The van der Waals surface area contributed by atoms with Gasteiger partial charge in [-0.25, -0.2) is 0 Å². The quantitative estimate of drug-likeness (QED) is 0.730. The van der Waals surface area contributed by atoms with Crippen LogP contribution < -0.4 is 5.32 Å². The van der Waals surface area contributed by atoms with Crippen molar-refractivity contribution >= 4 is 17.5 Å². The molecule has 3 heterocycles. The zero-order valence-electron chi connectivity index (χ0n) is 15.7. The molecule has 1 aromatic carbocycles. The van der Waals surface area contributed by atoms with Gasteiger partial charge in [0, 0.05) is 38.8 Å². The SMILES string of the molecule is Cc1cc(Nc2ccc(C(=O)N3CCN(Cc4ccccc4)CC3)nn2)no1. The van der Waals surface area contributed by atoms with Crippen LogP contribution in [-0.4, -0.2) is 57.2 Å². The van der Waals surface area contributed by atoms with Gasteiger partial charge in [0.05, 0.1) is 0 Å². The number of hydrogen-bond donors (Lipinski definition) is 1. The Morgan fingerprint density at radius 1 is 1.04 bits per heavy atom. The molecule has 0 saturated carbocycles. The van der Waals surface area contributed by atoms with Crippen LogP contribution in [0.25, 0.3) is 0 Å². The van der Waals surface area contributed by atoms with Crippen LogP contribution in [0.4, 0.5) is 11.6 Å². The summed E-state index contributed by atoms with van der Waals surface area (Å²) in [5.41, 5.74) is 1.64. The number of carbonyl (C=O) groups excluding carboxylic acids is 1. The fraction of sp³-hybridized carbons (Fsp3) is 0.300. The number of nitrogens with zero attached hydrogens (tertiary/aromatic N) is 5. The van der Waals surface area contributed by atoms with Crippen molar-refractivity contribution in [3.63, 3.8) is 0 Å². The number of aromatic nitrogens is 3. The van der Waals surface area contributed by atoms with E-state index in [9.17, 15) is 4.79 Å². The number of hydrogen-bond acceptors (Lipinski definition) is 7. The number of amides is 1. The number of carbonyl (C=O) groups is 1. The topological polar surface area (TPSA) is 87.4 Å². The van der Waals surface area contributed by atoms with Crippen LogP contribution in [0, 0.1) is 6.92 Å². The Kier molecular flexibility index (Phi) is 5.29. The molecule has 4 rings (SSSR count). The molecule has 8 nitrogen and oxygen atoms in total. The van der Waals surface area contributed by atoms with Gasteiger partial charge in [-0.3, -0.25) is 9.69 Å². The summed E-state index contributed by atoms with van der Waals surface area (Å²) in [6.45, 7) is 5.78. The molecule has 28 heavy (non-hydrogen) atoms. The zero-order chi connectivity index (χ0) is 19.3. The third-order valence-electron chi connectivity index (χ3n) is 4.68. The smallest absolute Gasteiger partial charge is 0.274 e. The van der Waals surface area contributed by atoms with Crippen molar-refractivity contribution in [1.82, 2.24) is 25.2 Å². The lowest BCUT2D eigenvalue weighted by molar-refractivity contribution is 0.0621. The standard InChI is InChI=1S/C20H22N6O2/c1-15-13-19(24-28-15)21-18-8-7-17(22-23-18)20(27)26-11-9-25(10-12-26)14-16-5-3-2-4-6-16/h2-8,13H,9-12,14H2,1H3,(H,21,23,24). The van der Waals surface area contributed by atoms with Crippen LogP contribution in [0.3, 0.4) is 0 Å². The summed E-state index contributed by atoms with van der Waals surface area (Å²) in [5, 5.41) is 15.0. The molecule has 0 atom stereocenters. The van der Waals surface area contributed by atoms with Crippen LogP contribution >= 0.6 is 0 Å². The third-order valence-corrected chi connectivity index (χ3v) is 4.68. The minimum atomic E-state index is -0.0873. The fourth-order valence-corrected chi connectivity index (χ4v) is 3.18. The minimum Gasteiger partial charge on any atom is -0.360 e. The summed E-state index contributed by atoms with van der Waals surface area (Å²) >= 11 is 0. The van der Waals surface area contributed by atoms with Gasteiger partial charge in [0.15, 0.2) is 17.3 Å². The largest absolute Gasteiger partial charge is 0.360 e. The van der Waals surface area contributed by atoms with Crippen molar-refractivity contribution in [3.05, 3.63) is 65.5 Å². The molecule has 0 bridgehead atoms. The van der Waals surface area contributed by atoms with Gasteiger partial charge in [-0.1, -0.05) is 35.5 Å². The summed E-state index contributed by atoms with van der Waals surface area (Å²) in [6, 6.07) is 15.5. The molecule has 1 saturated heterocycles. The molecule has 3 aromatic rings. The molecule has 8 heteroatoms. The maximum absolute atomic E-state index is 12.7. The predicted octanol–water partition coefficient (Wildman–Crippen LogP) is 2.47. The van der Waals surface area contributed by atoms with E-state index in [4.69, 9.17) is 4.52 Å². The van der Waals surface area contributed by atoms with Crippen LogP contribution in [0.15, 0.2) is 53.1 Å². The van der Waals surface area contributed by atoms with Gasteiger partial charge in [0.2, 0.25) is 0 Å².